The van der Waals surface area contributed by atoms with Crippen LogP contribution in [0.15, 0.2) is 29.7 Å². The molecule has 5 nitrogen and oxygen atoms in total. The first kappa shape index (κ1) is 13.8. The highest BCUT2D eigenvalue weighted by Gasteiger charge is 2.35. The summed E-state index contributed by atoms with van der Waals surface area (Å²) >= 11 is 12.4. The van der Waals surface area contributed by atoms with E-state index < -0.39 is 5.92 Å². The van der Waals surface area contributed by atoms with Crippen molar-refractivity contribution in [2.45, 2.75) is 12.8 Å². The maximum absolute atomic E-state index is 9.43. The Morgan fingerprint density at radius 2 is 2.19 bits per heavy atom. The number of aromatic amines is 1. The number of ether oxygens (including phenoxy) is 1. The molecule has 2 heterocycles. The number of aromatic nitrogens is 2. The third kappa shape index (κ3) is 2.04. The van der Waals surface area contributed by atoms with Crippen molar-refractivity contribution in [1.29, 1.82) is 5.26 Å². The first-order valence-electron chi connectivity index (χ1n) is 6.11. The number of aryl methyl sites for hydroxylation is 1. The summed E-state index contributed by atoms with van der Waals surface area (Å²) in [5.41, 5.74) is 8.34. The Morgan fingerprint density at radius 3 is 2.90 bits per heavy atom. The van der Waals surface area contributed by atoms with E-state index in [-0.39, 0.29) is 11.5 Å². The molecular weight excluding hydrogens is 311 g/mol. The van der Waals surface area contributed by atoms with Crippen molar-refractivity contribution in [3.8, 4) is 11.9 Å². The standard InChI is InChI=1S/C14H10Cl2N4O/c1-6-10-11(7-3-2-4-9(15)12(7)16)8(5-17)13(18)21-14(10)20-19-6/h2-4,11H,18H2,1H3,(H,19,20)/t11-/m0/s1. The number of nitrogens with one attached hydrogen (secondary N) is 1. The molecule has 0 amide bonds. The van der Waals surface area contributed by atoms with Crippen LogP contribution in [-0.2, 0) is 0 Å². The molecule has 1 aromatic heterocycles. The lowest BCUT2D eigenvalue weighted by molar-refractivity contribution is 0.379. The van der Waals surface area contributed by atoms with Gasteiger partial charge in [0.05, 0.1) is 16.0 Å². The zero-order valence-corrected chi connectivity index (χ0v) is 12.5. The Morgan fingerprint density at radius 1 is 1.43 bits per heavy atom. The second-order valence-corrected chi connectivity index (χ2v) is 5.42. The zero-order chi connectivity index (χ0) is 15.1. The van der Waals surface area contributed by atoms with Crippen LogP contribution in [0.3, 0.4) is 0 Å². The second kappa shape index (κ2) is 4.99. The number of H-pyrrole nitrogens is 1. The Kier molecular flexibility index (Phi) is 3.28. The molecule has 0 saturated heterocycles. The highest BCUT2D eigenvalue weighted by molar-refractivity contribution is 6.42. The Bertz CT molecular complexity index is 804. The van der Waals surface area contributed by atoms with Gasteiger partial charge in [-0.1, -0.05) is 35.3 Å². The maximum Gasteiger partial charge on any atom is 0.244 e. The number of nitrogens with two attached hydrogens (primary N) is 1. The molecule has 106 valence electrons. The summed E-state index contributed by atoms with van der Waals surface area (Å²) in [6.45, 7) is 1.84. The molecule has 21 heavy (non-hydrogen) atoms. The van der Waals surface area contributed by atoms with Gasteiger partial charge >= 0.3 is 0 Å². The molecule has 1 aromatic carbocycles. The number of nitrogens with zero attached hydrogens (tertiary/aromatic N) is 2. The van der Waals surface area contributed by atoms with Crippen molar-refractivity contribution in [1.82, 2.24) is 10.2 Å². The van der Waals surface area contributed by atoms with Gasteiger partial charge in [-0.25, -0.2) is 0 Å². The smallest absolute Gasteiger partial charge is 0.244 e. The van der Waals surface area contributed by atoms with Crippen LogP contribution >= 0.6 is 23.2 Å². The van der Waals surface area contributed by atoms with Crippen LogP contribution in [0.1, 0.15) is 22.7 Å². The van der Waals surface area contributed by atoms with E-state index in [1.807, 2.05) is 13.0 Å². The summed E-state index contributed by atoms with van der Waals surface area (Å²) in [6, 6.07) is 7.37. The van der Waals surface area contributed by atoms with Crippen molar-refractivity contribution < 1.29 is 4.74 Å². The number of hydrogen-bond donors (Lipinski definition) is 2. The van der Waals surface area contributed by atoms with Gasteiger partial charge in [-0.15, -0.1) is 5.10 Å². The Balaban J connectivity index is 2.30. The van der Waals surface area contributed by atoms with E-state index in [1.54, 1.807) is 12.1 Å². The van der Waals surface area contributed by atoms with Crippen molar-refractivity contribution in [3.63, 3.8) is 0 Å². The minimum atomic E-state index is -0.455. The number of halogens is 2. The van der Waals surface area contributed by atoms with Crippen LogP contribution in [0, 0.1) is 18.3 Å². The minimum Gasteiger partial charge on any atom is -0.420 e. The largest absolute Gasteiger partial charge is 0.420 e. The first-order chi connectivity index (χ1) is 10.0. The van der Waals surface area contributed by atoms with Gasteiger partial charge in [-0.05, 0) is 18.6 Å². The molecule has 0 spiro atoms. The number of nitriles is 1. The van der Waals surface area contributed by atoms with Crippen molar-refractivity contribution in [3.05, 3.63) is 56.5 Å². The highest BCUT2D eigenvalue weighted by atomic mass is 35.5. The molecule has 0 saturated carbocycles. The average Bonchev–Trinajstić information content (AvgIpc) is 2.82. The lowest BCUT2D eigenvalue weighted by Crippen LogP contribution is -2.21. The van der Waals surface area contributed by atoms with Crippen LogP contribution in [-0.4, -0.2) is 10.2 Å². The van der Waals surface area contributed by atoms with E-state index >= 15 is 0 Å². The van der Waals surface area contributed by atoms with Gasteiger partial charge in [0.25, 0.3) is 0 Å². The van der Waals surface area contributed by atoms with Gasteiger partial charge in [-0.2, -0.15) is 5.26 Å². The van der Waals surface area contributed by atoms with Gasteiger partial charge in [0.15, 0.2) is 0 Å². The van der Waals surface area contributed by atoms with Crippen LogP contribution in [0.4, 0.5) is 0 Å². The third-order valence-corrected chi connectivity index (χ3v) is 4.26. The summed E-state index contributed by atoms with van der Waals surface area (Å²) < 4.78 is 5.39. The van der Waals surface area contributed by atoms with Gasteiger partial charge in [0.1, 0.15) is 11.6 Å². The third-order valence-electron chi connectivity index (χ3n) is 3.42. The molecule has 1 aliphatic rings. The monoisotopic (exact) mass is 320 g/mol. The minimum absolute atomic E-state index is 0.0255. The summed E-state index contributed by atoms with van der Waals surface area (Å²) in [7, 11) is 0. The Labute approximate surface area is 130 Å². The van der Waals surface area contributed by atoms with E-state index in [1.165, 1.54) is 0 Å². The van der Waals surface area contributed by atoms with E-state index in [9.17, 15) is 5.26 Å². The zero-order valence-electron chi connectivity index (χ0n) is 10.9. The average molecular weight is 321 g/mol. The molecule has 3 N–H and O–H groups in total. The molecule has 7 heteroatoms. The topological polar surface area (TPSA) is 87.7 Å². The van der Waals surface area contributed by atoms with Crippen molar-refractivity contribution in [2.75, 3.05) is 0 Å². The van der Waals surface area contributed by atoms with E-state index in [0.717, 1.165) is 11.3 Å². The fraction of sp³-hybridized carbons (Fsp3) is 0.143. The number of rotatable bonds is 1. The molecule has 1 atom stereocenters. The molecule has 0 bridgehead atoms. The van der Waals surface area contributed by atoms with E-state index in [2.05, 4.69) is 16.3 Å². The van der Waals surface area contributed by atoms with Gasteiger partial charge in [0.2, 0.25) is 11.8 Å². The van der Waals surface area contributed by atoms with Crippen LogP contribution in [0.5, 0.6) is 5.88 Å². The predicted molar refractivity (Wildman–Crippen MR) is 79.1 cm³/mol. The lowest BCUT2D eigenvalue weighted by atomic mass is 9.84. The quantitative estimate of drug-likeness (QED) is 0.844. The number of benzene rings is 1. The predicted octanol–water partition coefficient (Wildman–Crippen LogP) is 3.24. The Hall–Kier alpha value is -2.16. The van der Waals surface area contributed by atoms with Crippen molar-refractivity contribution in [2.24, 2.45) is 5.73 Å². The normalized spacial score (nSPS) is 17.1. The fourth-order valence-electron chi connectivity index (χ4n) is 2.45. The second-order valence-electron chi connectivity index (χ2n) is 4.64. The van der Waals surface area contributed by atoms with Crippen LogP contribution in [0.25, 0.3) is 0 Å². The van der Waals surface area contributed by atoms with Gasteiger partial charge < -0.3 is 10.5 Å². The molecular formula is C14H10Cl2N4O. The summed E-state index contributed by atoms with van der Waals surface area (Å²) in [6.07, 6.45) is 0. The van der Waals surface area contributed by atoms with Crippen molar-refractivity contribution >= 4 is 23.2 Å². The number of hydrogen-bond acceptors (Lipinski definition) is 4. The molecule has 0 aliphatic carbocycles. The highest BCUT2D eigenvalue weighted by Crippen LogP contribution is 2.45. The summed E-state index contributed by atoms with van der Waals surface area (Å²) in [4.78, 5) is 0. The van der Waals surface area contributed by atoms with Crippen LogP contribution < -0.4 is 10.5 Å². The van der Waals surface area contributed by atoms with E-state index in [0.29, 0.717) is 21.5 Å². The lowest BCUT2D eigenvalue weighted by Gasteiger charge is -2.24. The molecule has 0 unspecified atom stereocenters. The maximum atomic E-state index is 9.43. The van der Waals surface area contributed by atoms with Gasteiger partial charge in [0, 0.05) is 11.3 Å². The number of fused-ring (bicyclic) bond motifs is 1. The van der Waals surface area contributed by atoms with Gasteiger partial charge in [-0.3, -0.25) is 5.10 Å². The summed E-state index contributed by atoms with van der Waals surface area (Å²) in [5, 5.41) is 17.1. The molecule has 0 fully saturated rings. The molecule has 0 radical (unpaired) electrons. The molecule has 3 rings (SSSR count). The fourth-order valence-corrected chi connectivity index (χ4v) is 2.87. The molecule has 2 aromatic rings. The SMILES string of the molecule is Cc1[nH]nc2c1[C@@H](c1cccc(Cl)c1Cl)C(C#N)=C(N)O2. The molecule has 1 aliphatic heterocycles. The number of allylic oxidation sites excluding steroid dienone is 1. The van der Waals surface area contributed by atoms with Crippen LogP contribution in [0.2, 0.25) is 10.0 Å². The summed E-state index contributed by atoms with van der Waals surface area (Å²) in [5.74, 6) is -0.0775. The van der Waals surface area contributed by atoms with E-state index in [4.69, 9.17) is 33.7 Å². The first-order valence-corrected chi connectivity index (χ1v) is 6.86.